The molecule has 19 heavy (non-hydrogen) atoms. The van der Waals surface area contributed by atoms with Gasteiger partial charge in [-0.05, 0) is 38.0 Å². The Morgan fingerprint density at radius 2 is 2.00 bits per heavy atom. The molecule has 0 saturated heterocycles. The molecule has 0 radical (unpaired) electrons. The topological polar surface area (TPSA) is 38.3 Å². The van der Waals surface area contributed by atoms with Crippen molar-refractivity contribution in [2.24, 2.45) is 0 Å². The molecular weight excluding hydrogens is 238 g/mol. The third-order valence-electron chi connectivity index (χ3n) is 3.60. The minimum Gasteiger partial charge on any atom is -0.462 e. The van der Waals surface area contributed by atoms with E-state index in [0.717, 1.165) is 5.69 Å². The first-order chi connectivity index (χ1) is 9.29. The van der Waals surface area contributed by atoms with Gasteiger partial charge in [-0.25, -0.2) is 4.79 Å². The summed E-state index contributed by atoms with van der Waals surface area (Å²) in [5, 5.41) is 3.55. The molecule has 0 aromatic heterocycles. The molecule has 3 nitrogen and oxygen atoms in total. The van der Waals surface area contributed by atoms with Gasteiger partial charge in [0.05, 0.1) is 12.2 Å². The predicted octanol–water partition coefficient (Wildman–Crippen LogP) is 4.00. The molecule has 0 spiro atoms. The zero-order valence-electron chi connectivity index (χ0n) is 11.7. The molecule has 0 aliphatic heterocycles. The Labute approximate surface area is 115 Å². The molecule has 104 valence electrons. The van der Waals surface area contributed by atoms with Gasteiger partial charge in [-0.2, -0.15) is 0 Å². The first-order valence-electron chi connectivity index (χ1n) is 7.33. The molecule has 0 amide bonds. The second kappa shape index (κ2) is 7.17. The summed E-state index contributed by atoms with van der Waals surface area (Å²) in [5.41, 5.74) is 1.65. The summed E-state index contributed by atoms with van der Waals surface area (Å²) in [5.74, 6) is -0.244. The van der Waals surface area contributed by atoms with E-state index in [1.807, 2.05) is 25.1 Å². The summed E-state index contributed by atoms with van der Waals surface area (Å²) in [6.07, 6.45) is 7.75. The zero-order valence-corrected chi connectivity index (χ0v) is 11.7. The van der Waals surface area contributed by atoms with E-state index < -0.39 is 0 Å². The summed E-state index contributed by atoms with van der Waals surface area (Å²) in [7, 11) is 0. The van der Waals surface area contributed by atoms with E-state index in [2.05, 4.69) is 5.32 Å². The van der Waals surface area contributed by atoms with Crippen molar-refractivity contribution in [2.75, 3.05) is 11.9 Å². The van der Waals surface area contributed by atoms with Crippen molar-refractivity contribution in [1.82, 2.24) is 0 Å². The van der Waals surface area contributed by atoms with Crippen molar-refractivity contribution >= 4 is 11.7 Å². The van der Waals surface area contributed by atoms with Crippen LogP contribution in [0.2, 0.25) is 0 Å². The van der Waals surface area contributed by atoms with Gasteiger partial charge in [-0.3, -0.25) is 0 Å². The highest BCUT2D eigenvalue weighted by atomic mass is 16.5. The number of rotatable bonds is 4. The van der Waals surface area contributed by atoms with Crippen LogP contribution in [-0.2, 0) is 4.74 Å². The van der Waals surface area contributed by atoms with Crippen LogP contribution in [0.5, 0.6) is 0 Å². The Bertz CT molecular complexity index is 409. The second-order valence-electron chi connectivity index (χ2n) is 5.13. The van der Waals surface area contributed by atoms with Crippen LogP contribution in [0.4, 0.5) is 5.69 Å². The number of anilines is 1. The van der Waals surface area contributed by atoms with Crippen molar-refractivity contribution in [3.63, 3.8) is 0 Å². The lowest BCUT2D eigenvalue weighted by atomic mass is 10.1. The minimum absolute atomic E-state index is 0.244. The Kier molecular flexibility index (Phi) is 5.25. The van der Waals surface area contributed by atoms with E-state index in [9.17, 15) is 4.79 Å². The fourth-order valence-corrected chi connectivity index (χ4v) is 2.61. The molecule has 1 aromatic rings. The zero-order chi connectivity index (χ0) is 13.5. The summed E-state index contributed by atoms with van der Waals surface area (Å²) < 4.78 is 5.03. The monoisotopic (exact) mass is 261 g/mol. The van der Waals surface area contributed by atoms with E-state index in [1.165, 1.54) is 38.5 Å². The summed E-state index contributed by atoms with van der Waals surface area (Å²) in [6, 6.07) is 8.16. The molecule has 0 bridgehead atoms. The van der Waals surface area contributed by atoms with Gasteiger partial charge in [-0.1, -0.05) is 31.7 Å². The number of hydrogen-bond donors (Lipinski definition) is 1. The molecule has 1 saturated carbocycles. The van der Waals surface area contributed by atoms with Gasteiger partial charge in [0.25, 0.3) is 0 Å². The number of carbonyl (C=O) groups excluding carboxylic acids is 1. The lowest BCUT2D eigenvalue weighted by molar-refractivity contribution is 0.0526. The average Bonchev–Trinajstić information content (AvgIpc) is 2.68. The minimum atomic E-state index is -0.244. The van der Waals surface area contributed by atoms with Crippen LogP contribution >= 0.6 is 0 Å². The van der Waals surface area contributed by atoms with Crippen molar-refractivity contribution in [1.29, 1.82) is 0 Å². The lowest BCUT2D eigenvalue weighted by Gasteiger charge is -2.18. The molecule has 1 aromatic carbocycles. The molecule has 1 aliphatic rings. The fourth-order valence-electron chi connectivity index (χ4n) is 2.61. The average molecular weight is 261 g/mol. The van der Waals surface area contributed by atoms with E-state index >= 15 is 0 Å². The SMILES string of the molecule is CCOC(=O)c1cccc(NC2CCCCCC2)c1. The molecule has 1 aliphatic carbocycles. The van der Waals surface area contributed by atoms with Crippen LogP contribution in [0.25, 0.3) is 0 Å². The van der Waals surface area contributed by atoms with Crippen molar-refractivity contribution in [3.05, 3.63) is 29.8 Å². The number of nitrogens with one attached hydrogen (secondary N) is 1. The highest BCUT2D eigenvalue weighted by Crippen LogP contribution is 2.21. The molecule has 1 fully saturated rings. The summed E-state index contributed by atoms with van der Waals surface area (Å²) in [4.78, 5) is 11.7. The molecule has 0 atom stereocenters. The molecule has 1 N–H and O–H groups in total. The van der Waals surface area contributed by atoms with E-state index in [1.54, 1.807) is 6.07 Å². The van der Waals surface area contributed by atoms with Crippen LogP contribution in [0, 0.1) is 0 Å². The number of esters is 1. The van der Waals surface area contributed by atoms with Crippen LogP contribution in [0.3, 0.4) is 0 Å². The number of hydrogen-bond acceptors (Lipinski definition) is 3. The third-order valence-corrected chi connectivity index (χ3v) is 3.60. The van der Waals surface area contributed by atoms with Gasteiger partial charge in [0.1, 0.15) is 0 Å². The highest BCUT2D eigenvalue weighted by molar-refractivity contribution is 5.90. The molecule has 0 heterocycles. The maximum Gasteiger partial charge on any atom is 0.338 e. The molecule has 0 unspecified atom stereocenters. The van der Waals surface area contributed by atoms with Crippen molar-refractivity contribution < 1.29 is 9.53 Å². The van der Waals surface area contributed by atoms with Crippen LogP contribution in [-0.4, -0.2) is 18.6 Å². The smallest absolute Gasteiger partial charge is 0.338 e. The van der Waals surface area contributed by atoms with Gasteiger partial charge in [0.2, 0.25) is 0 Å². The maximum atomic E-state index is 11.7. The Hall–Kier alpha value is -1.51. The van der Waals surface area contributed by atoms with Gasteiger partial charge in [0, 0.05) is 11.7 Å². The third kappa shape index (κ3) is 4.27. The lowest BCUT2D eigenvalue weighted by Crippen LogP contribution is -2.18. The normalized spacial score (nSPS) is 16.7. The largest absolute Gasteiger partial charge is 0.462 e. The van der Waals surface area contributed by atoms with Crippen LogP contribution < -0.4 is 5.32 Å². The standard InChI is InChI=1S/C16H23NO2/c1-2-19-16(18)13-8-7-11-15(12-13)17-14-9-5-3-4-6-10-14/h7-8,11-12,14,17H,2-6,9-10H2,1H3. The number of benzene rings is 1. The first kappa shape index (κ1) is 13.9. The summed E-state index contributed by atoms with van der Waals surface area (Å²) in [6.45, 7) is 2.24. The number of ether oxygens (including phenoxy) is 1. The van der Waals surface area contributed by atoms with Gasteiger partial charge >= 0.3 is 5.97 Å². The number of carbonyl (C=O) groups is 1. The van der Waals surface area contributed by atoms with E-state index in [-0.39, 0.29) is 5.97 Å². The quantitative estimate of drug-likeness (QED) is 0.657. The Morgan fingerprint density at radius 1 is 1.26 bits per heavy atom. The Balaban J connectivity index is 1.99. The fraction of sp³-hybridized carbons (Fsp3) is 0.562. The maximum absolute atomic E-state index is 11.7. The van der Waals surface area contributed by atoms with Crippen molar-refractivity contribution in [2.45, 2.75) is 51.5 Å². The molecule has 3 heteroatoms. The van der Waals surface area contributed by atoms with Gasteiger partial charge in [-0.15, -0.1) is 0 Å². The van der Waals surface area contributed by atoms with Gasteiger partial charge in [0.15, 0.2) is 0 Å². The second-order valence-corrected chi connectivity index (χ2v) is 5.13. The van der Waals surface area contributed by atoms with Crippen LogP contribution in [0.15, 0.2) is 24.3 Å². The Morgan fingerprint density at radius 3 is 2.68 bits per heavy atom. The van der Waals surface area contributed by atoms with Gasteiger partial charge < -0.3 is 10.1 Å². The van der Waals surface area contributed by atoms with Crippen molar-refractivity contribution in [3.8, 4) is 0 Å². The highest BCUT2D eigenvalue weighted by Gasteiger charge is 2.13. The first-order valence-corrected chi connectivity index (χ1v) is 7.33. The predicted molar refractivity (Wildman–Crippen MR) is 77.5 cm³/mol. The summed E-state index contributed by atoms with van der Waals surface area (Å²) >= 11 is 0. The molecule has 2 rings (SSSR count). The van der Waals surface area contributed by atoms with E-state index in [0.29, 0.717) is 18.2 Å². The van der Waals surface area contributed by atoms with Crippen LogP contribution in [0.1, 0.15) is 55.8 Å². The molecular formula is C16H23NO2. The van der Waals surface area contributed by atoms with E-state index in [4.69, 9.17) is 4.74 Å².